The molecule has 4 N–H and O–H groups in total. The fraction of sp³-hybridized carbons (Fsp3) is 0.250. The standard InChI is InChI=1S/C22H24BF3N4O3.C18H13F3N6OS/c1-20(2)21(3,4)33-23(32-20)15-8-9-30-17(12-27-18(30)11-15)14-6-5-7-16(10-14)29-19(31)28-13-22(24,25)26;19-18(20,21)9-23-17(28)25-13-3-1-2-11(6-13)14-8-22-15-7-12(4-5-27(14)15)16-26-24-10-29-16/h5-12H,13H2,1-4H3,(H2,28,29,31);1-8,10H,9H2,(H2,23,25,28). The van der Waals surface area contributed by atoms with Gasteiger partial charge in [-0.2, -0.15) is 26.3 Å². The molecule has 8 rings (SSSR count). The maximum Gasteiger partial charge on any atom is 0.495 e. The van der Waals surface area contributed by atoms with Gasteiger partial charge < -0.3 is 30.6 Å². The molecule has 0 spiro atoms. The van der Waals surface area contributed by atoms with Crippen LogP contribution in [-0.4, -0.2) is 84.8 Å². The molecule has 0 saturated carbocycles. The number of alkyl halides is 6. The summed E-state index contributed by atoms with van der Waals surface area (Å²) in [6, 6.07) is 19.3. The zero-order valence-electron chi connectivity index (χ0n) is 33.3. The Morgan fingerprint density at radius 1 is 0.694 bits per heavy atom. The normalized spacial score (nSPS) is 14.6. The number of urea groups is 2. The van der Waals surface area contributed by atoms with Gasteiger partial charge in [-0.05, 0) is 81.7 Å². The number of nitrogens with one attached hydrogen (secondary N) is 4. The Hall–Kier alpha value is -6.52. The molecule has 6 heterocycles. The molecule has 0 aliphatic carbocycles. The number of carbonyl (C=O) groups excluding carboxylic acids is 2. The first-order chi connectivity index (χ1) is 29.2. The summed E-state index contributed by atoms with van der Waals surface area (Å²) >= 11 is 1.42. The van der Waals surface area contributed by atoms with Gasteiger partial charge in [0, 0.05) is 40.5 Å². The van der Waals surface area contributed by atoms with Gasteiger partial charge >= 0.3 is 31.5 Å². The zero-order chi connectivity index (χ0) is 44.5. The number of fused-ring (bicyclic) bond motifs is 2. The minimum Gasteiger partial charge on any atom is -0.399 e. The Labute approximate surface area is 353 Å². The van der Waals surface area contributed by atoms with E-state index in [-0.39, 0.29) is 0 Å². The lowest BCUT2D eigenvalue weighted by Crippen LogP contribution is -2.41. The molecule has 0 bridgehead atoms. The Bertz CT molecular complexity index is 2710. The van der Waals surface area contributed by atoms with Crippen molar-refractivity contribution in [3.05, 3.63) is 103 Å². The number of amides is 4. The topological polar surface area (TPSA) is 161 Å². The van der Waals surface area contributed by atoms with E-state index in [0.717, 1.165) is 38.5 Å². The van der Waals surface area contributed by atoms with Crippen LogP contribution in [0.1, 0.15) is 27.7 Å². The summed E-state index contributed by atoms with van der Waals surface area (Å²) in [7, 11) is -0.511. The molecule has 0 unspecified atom stereocenters. The fourth-order valence-electron chi connectivity index (χ4n) is 6.19. The molecular formula is C40H37BF6N10O4S. The molecule has 2 aromatic carbocycles. The number of benzene rings is 2. The van der Waals surface area contributed by atoms with E-state index < -0.39 is 55.8 Å². The van der Waals surface area contributed by atoms with Crippen molar-refractivity contribution >= 4 is 58.6 Å². The summed E-state index contributed by atoms with van der Waals surface area (Å²) in [6.07, 6.45) is -1.87. The molecule has 7 aromatic rings. The Morgan fingerprint density at radius 3 is 1.68 bits per heavy atom. The highest BCUT2D eigenvalue weighted by molar-refractivity contribution is 7.12. The fourth-order valence-corrected chi connectivity index (χ4v) is 6.74. The van der Waals surface area contributed by atoms with E-state index in [1.165, 1.54) is 11.3 Å². The molecule has 1 aliphatic heterocycles. The maximum atomic E-state index is 12.3. The van der Waals surface area contributed by atoms with E-state index >= 15 is 0 Å². The van der Waals surface area contributed by atoms with Crippen LogP contribution in [0.25, 0.3) is 44.4 Å². The lowest BCUT2D eigenvalue weighted by atomic mass is 9.80. The number of carbonyl (C=O) groups is 2. The van der Waals surface area contributed by atoms with Crippen molar-refractivity contribution in [2.24, 2.45) is 0 Å². The average molecular weight is 879 g/mol. The van der Waals surface area contributed by atoms with Crippen LogP contribution in [0.5, 0.6) is 0 Å². The van der Waals surface area contributed by atoms with Crippen molar-refractivity contribution in [3.8, 4) is 33.1 Å². The summed E-state index contributed by atoms with van der Waals surface area (Å²) in [5.41, 5.74) is 7.59. The van der Waals surface area contributed by atoms with Gasteiger partial charge in [0.05, 0.1) is 35.0 Å². The molecule has 1 fully saturated rings. The largest absolute Gasteiger partial charge is 0.495 e. The predicted octanol–water partition coefficient (Wildman–Crippen LogP) is 8.19. The molecule has 0 atom stereocenters. The van der Waals surface area contributed by atoms with E-state index in [2.05, 4.69) is 30.8 Å². The van der Waals surface area contributed by atoms with Crippen molar-refractivity contribution < 1.29 is 45.2 Å². The third kappa shape index (κ3) is 10.3. The maximum absolute atomic E-state index is 12.3. The van der Waals surface area contributed by atoms with E-state index in [0.29, 0.717) is 22.7 Å². The van der Waals surface area contributed by atoms with Crippen LogP contribution < -0.4 is 26.7 Å². The van der Waals surface area contributed by atoms with Gasteiger partial charge in [0.1, 0.15) is 34.9 Å². The highest BCUT2D eigenvalue weighted by Crippen LogP contribution is 2.37. The lowest BCUT2D eigenvalue weighted by molar-refractivity contribution is -0.123. The van der Waals surface area contributed by atoms with Gasteiger partial charge in [0.25, 0.3) is 0 Å². The Kier molecular flexibility index (Phi) is 12.0. The second-order valence-corrected chi connectivity index (χ2v) is 15.8. The quantitative estimate of drug-likeness (QED) is 0.0879. The van der Waals surface area contributed by atoms with Crippen LogP contribution in [0, 0.1) is 0 Å². The average Bonchev–Trinajstić information content (AvgIpc) is 4.02. The highest BCUT2D eigenvalue weighted by Gasteiger charge is 2.51. The van der Waals surface area contributed by atoms with Crippen LogP contribution in [0.15, 0.2) is 103 Å². The minimum atomic E-state index is -4.48. The number of pyridine rings is 2. The second kappa shape index (κ2) is 17.1. The second-order valence-electron chi connectivity index (χ2n) is 15.0. The monoisotopic (exact) mass is 878 g/mol. The minimum absolute atomic E-state index is 0.357. The lowest BCUT2D eigenvalue weighted by Gasteiger charge is -2.32. The van der Waals surface area contributed by atoms with Crippen LogP contribution in [0.2, 0.25) is 0 Å². The summed E-state index contributed by atoms with van der Waals surface area (Å²) < 4.78 is 89.5. The highest BCUT2D eigenvalue weighted by atomic mass is 32.1. The third-order valence-electron chi connectivity index (χ3n) is 9.91. The Morgan fingerprint density at radius 2 is 1.19 bits per heavy atom. The van der Waals surface area contributed by atoms with Crippen LogP contribution in [0.4, 0.5) is 47.3 Å². The van der Waals surface area contributed by atoms with Crippen LogP contribution >= 0.6 is 11.3 Å². The molecule has 22 heteroatoms. The van der Waals surface area contributed by atoms with E-state index in [9.17, 15) is 35.9 Å². The van der Waals surface area contributed by atoms with Gasteiger partial charge in [0.2, 0.25) is 0 Å². The molecule has 5 aromatic heterocycles. The molecule has 1 saturated heterocycles. The van der Waals surface area contributed by atoms with E-state index in [1.54, 1.807) is 64.9 Å². The van der Waals surface area contributed by atoms with E-state index in [4.69, 9.17) is 9.31 Å². The first-order valence-corrected chi connectivity index (χ1v) is 19.6. The summed E-state index contributed by atoms with van der Waals surface area (Å²) in [5.74, 6) is 0. The van der Waals surface area contributed by atoms with Gasteiger partial charge in [0.15, 0.2) is 0 Å². The smallest absolute Gasteiger partial charge is 0.399 e. The zero-order valence-corrected chi connectivity index (χ0v) is 34.1. The van der Waals surface area contributed by atoms with Crippen LogP contribution in [-0.2, 0) is 9.31 Å². The summed E-state index contributed by atoms with van der Waals surface area (Å²) in [6.45, 7) is 5.15. The number of aromatic nitrogens is 6. The number of hydrogen-bond donors (Lipinski definition) is 4. The van der Waals surface area contributed by atoms with Crippen molar-refractivity contribution in [2.75, 3.05) is 23.7 Å². The number of rotatable bonds is 8. The molecule has 62 heavy (non-hydrogen) atoms. The van der Waals surface area contributed by atoms with E-state index in [1.807, 2.05) is 85.3 Å². The Balaban J connectivity index is 0.000000188. The van der Waals surface area contributed by atoms with Crippen molar-refractivity contribution in [1.82, 2.24) is 39.6 Å². The molecular weight excluding hydrogens is 841 g/mol. The summed E-state index contributed by atoms with van der Waals surface area (Å²) in [4.78, 5) is 32.3. The van der Waals surface area contributed by atoms with Crippen LogP contribution in [0.3, 0.4) is 0 Å². The third-order valence-corrected chi connectivity index (χ3v) is 10.7. The number of imidazole rings is 2. The van der Waals surface area contributed by atoms with Crippen molar-refractivity contribution in [1.29, 1.82) is 0 Å². The first-order valence-electron chi connectivity index (χ1n) is 18.7. The molecule has 0 radical (unpaired) electrons. The number of anilines is 2. The number of nitrogens with zero attached hydrogens (tertiary/aromatic N) is 6. The first kappa shape index (κ1) is 43.6. The molecule has 14 nitrogen and oxygen atoms in total. The number of hydrogen-bond acceptors (Lipinski definition) is 9. The van der Waals surface area contributed by atoms with Gasteiger partial charge in [-0.15, -0.1) is 10.2 Å². The van der Waals surface area contributed by atoms with Gasteiger partial charge in [-0.3, -0.25) is 8.80 Å². The summed E-state index contributed by atoms with van der Waals surface area (Å²) in [5, 5.41) is 17.0. The number of halogens is 6. The van der Waals surface area contributed by atoms with Crippen molar-refractivity contribution in [2.45, 2.75) is 51.2 Å². The molecule has 322 valence electrons. The van der Waals surface area contributed by atoms with Gasteiger partial charge in [-0.1, -0.05) is 35.6 Å². The van der Waals surface area contributed by atoms with Crippen molar-refractivity contribution in [3.63, 3.8) is 0 Å². The SMILES string of the molecule is CC1(C)OB(c2ccn3c(-c4cccc(NC(=O)NCC(F)(F)F)c4)cnc3c2)OC1(C)C.O=C(NCC(F)(F)F)Nc1cccc(-c2cnc3cc(-c4nncs4)ccn23)c1. The molecule has 1 aliphatic rings. The van der Waals surface area contributed by atoms with Gasteiger partial charge in [-0.25, -0.2) is 19.6 Å². The predicted molar refractivity (Wildman–Crippen MR) is 222 cm³/mol. The molecule has 4 amide bonds.